The predicted octanol–water partition coefficient (Wildman–Crippen LogP) is -1.51. The van der Waals surface area contributed by atoms with Crippen LogP contribution in [-0.2, 0) is 26.2 Å². The summed E-state index contributed by atoms with van der Waals surface area (Å²) in [4.78, 5) is 47.8. The van der Waals surface area contributed by atoms with Gasteiger partial charge in [0.05, 0.1) is 12.8 Å². The molecule has 1 aliphatic heterocycles. The third-order valence-corrected chi connectivity index (χ3v) is 2.76. The standard InChI is InChI=1S/C11H13N5O5/c1-3-21-10(19)7(16-8(17)4-5-9(16)18)6-15-11(20)14(2)12-13-15/h6H,3-5H2,1-2H3. The van der Waals surface area contributed by atoms with E-state index in [-0.39, 0.29) is 25.1 Å². The number of amides is 2. The SMILES string of the molecule is CCOC(=O)C(=Cn1nnn(C)c1=O)N1C(=O)CCC1=O. The van der Waals surface area contributed by atoms with Gasteiger partial charge in [-0.25, -0.2) is 14.5 Å². The van der Waals surface area contributed by atoms with E-state index in [0.29, 0.717) is 4.90 Å². The number of ether oxygens (including phenoxy) is 1. The number of likely N-dealkylation sites (tertiary alicyclic amines) is 1. The number of aryl methyl sites for hydroxylation is 1. The van der Waals surface area contributed by atoms with Crippen LogP contribution in [0.3, 0.4) is 0 Å². The maximum Gasteiger partial charge on any atom is 0.367 e. The lowest BCUT2D eigenvalue weighted by Gasteiger charge is -2.15. The first-order valence-electron chi connectivity index (χ1n) is 6.19. The van der Waals surface area contributed by atoms with E-state index in [4.69, 9.17) is 4.74 Å². The van der Waals surface area contributed by atoms with Gasteiger partial charge in [0, 0.05) is 19.9 Å². The Labute approximate surface area is 118 Å². The van der Waals surface area contributed by atoms with E-state index in [9.17, 15) is 19.2 Å². The molecule has 0 radical (unpaired) electrons. The second kappa shape index (κ2) is 5.69. The summed E-state index contributed by atoms with van der Waals surface area (Å²) in [6.07, 6.45) is 0.977. The molecule has 0 aliphatic carbocycles. The Hall–Kier alpha value is -2.78. The molecule has 2 heterocycles. The minimum Gasteiger partial charge on any atom is -0.461 e. The van der Waals surface area contributed by atoms with Crippen LogP contribution < -0.4 is 5.69 Å². The van der Waals surface area contributed by atoms with E-state index in [1.54, 1.807) is 6.92 Å². The number of hydrogen-bond donors (Lipinski definition) is 0. The van der Waals surface area contributed by atoms with Gasteiger partial charge in [0.2, 0.25) is 11.8 Å². The van der Waals surface area contributed by atoms with Crippen LogP contribution in [0.25, 0.3) is 6.20 Å². The van der Waals surface area contributed by atoms with Crippen LogP contribution in [0.4, 0.5) is 0 Å². The Morgan fingerprint density at radius 1 is 1.24 bits per heavy atom. The molecule has 0 unspecified atom stereocenters. The molecule has 1 aromatic rings. The zero-order chi connectivity index (χ0) is 15.6. The molecule has 0 atom stereocenters. The van der Waals surface area contributed by atoms with E-state index < -0.39 is 23.5 Å². The van der Waals surface area contributed by atoms with E-state index >= 15 is 0 Å². The topological polar surface area (TPSA) is 116 Å². The fourth-order valence-corrected chi connectivity index (χ4v) is 1.78. The van der Waals surface area contributed by atoms with Crippen molar-refractivity contribution in [3.63, 3.8) is 0 Å². The summed E-state index contributed by atoms with van der Waals surface area (Å²) < 4.78 is 6.50. The first-order valence-corrected chi connectivity index (χ1v) is 6.19. The van der Waals surface area contributed by atoms with Crippen LogP contribution in [0.1, 0.15) is 19.8 Å². The number of hydrogen-bond acceptors (Lipinski definition) is 7. The zero-order valence-electron chi connectivity index (χ0n) is 11.5. The van der Waals surface area contributed by atoms with E-state index in [1.807, 2.05) is 0 Å². The molecule has 10 heteroatoms. The summed E-state index contributed by atoms with van der Waals surface area (Å²) in [7, 11) is 1.37. The monoisotopic (exact) mass is 295 g/mol. The lowest BCUT2D eigenvalue weighted by Crippen LogP contribution is -2.34. The molecule has 1 aliphatic rings. The highest BCUT2D eigenvalue weighted by Crippen LogP contribution is 2.19. The lowest BCUT2D eigenvalue weighted by atomic mass is 10.4. The minimum atomic E-state index is -0.890. The first-order chi connectivity index (χ1) is 9.95. The summed E-state index contributed by atoms with van der Waals surface area (Å²) in [6, 6.07) is 0. The normalized spacial score (nSPS) is 15.7. The number of rotatable bonds is 4. The largest absolute Gasteiger partial charge is 0.461 e. The lowest BCUT2D eigenvalue weighted by molar-refractivity contribution is -0.146. The van der Waals surface area contributed by atoms with Crippen molar-refractivity contribution in [2.24, 2.45) is 7.05 Å². The van der Waals surface area contributed by atoms with Crippen LogP contribution in [0.5, 0.6) is 0 Å². The van der Waals surface area contributed by atoms with Crippen molar-refractivity contribution in [3.05, 3.63) is 16.2 Å². The number of tetrazole rings is 1. The third-order valence-electron chi connectivity index (χ3n) is 2.76. The maximum absolute atomic E-state index is 11.9. The average molecular weight is 295 g/mol. The van der Waals surface area contributed by atoms with Gasteiger partial charge in [-0.05, 0) is 17.4 Å². The molecular weight excluding hydrogens is 282 g/mol. The van der Waals surface area contributed by atoms with Crippen LogP contribution in [-0.4, -0.2) is 49.1 Å². The molecule has 112 valence electrons. The van der Waals surface area contributed by atoms with E-state index in [1.165, 1.54) is 7.05 Å². The molecule has 1 saturated heterocycles. The minimum absolute atomic E-state index is 0.00491. The molecule has 2 amide bonds. The molecule has 2 rings (SSSR count). The molecule has 0 bridgehead atoms. The summed E-state index contributed by atoms with van der Waals surface area (Å²) in [5.41, 5.74) is -0.983. The van der Waals surface area contributed by atoms with Gasteiger partial charge in [0.15, 0.2) is 5.70 Å². The number of imide groups is 1. The number of aromatic nitrogens is 4. The Kier molecular flexibility index (Phi) is 3.96. The predicted molar refractivity (Wildman–Crippen MR) is 67.3 cm³/mol. The van der Waals surface area contributed by atoms with Crippen molar-refractivity contribution in [1.82, 2.24) is 24.7 Å². The van der Waals surface area contributed by atoms with Crippen molar-refractivity contribution in [3.8, 4) is 0 Å². The number of carbonyl (C=O) groups is 3. The Bertz CT molecular complexity index is 669. The molecule has 10 nitrogen and oxygen atoms in total. The average Bonchev–Trinajstić information content (AvgIpc) is 2.93. The summed E-state index contributed by atoms with van der Waals surface area (Å²) in [5, 5.41) is 6.97. The van der Waals surface area contributed by atoms with Crippen molar-refractivity contribution < 1.29 is 19.1 Å². The Morgan fingerprint density at radius 2 is 1.86 bits per heavy atom. The van der Waals surface area contributed by atoms with Gasteiger partial charge in [-0.3, -0.25) is 9.59 Å². The quantitative estimate of drug-likeness (QED) is 0.376. The van der Waals surface area contributed by atoms with Crippen molar-refractivity contribution >= 4 is 24.0 Å². The molecule has 0 saturated carbocycles. The number of nitrogens with zero attached hydrogens (tertiary/aromatic N) is 5. The summed E-state index contributed by atoms with van der Waals surface area (Å²) >= 11 is 0. The zero-order valence-corrected chi connectivity index (χ0v) is 11.5. The number of esters is 1. The molecule has 1 aromatic heterocycles. The smallest absolute Gasteiger partial charge is 0.367 e. The van der Waals surface area contributed by atoms with Gasteiger partial charge in [-0.15, -0.1) is 0 Å². The van der Waals surface area contributed by atoms with Gasteiger partial charge >= 0.3 is 11.7 Å². The van der Waals surface area contributed by atoms with E-state index in [0.717, 1.165) is 15.6 Å². The van der Waals surface area contributed by atoms with Gasteiger partial charge in [0.1, 0.15) is 0 Å². The van der Waals surface area contributed by atoms with Gasteiger partial charge in [-0.2, -0.15) is 9.36 Å². The Balaban J connectivity index is 2.48. The first kappa shape index (κ1) is 14.6. The molecule has 1 fully saturated rings. The fourth-order valence-electron chi connectivity index (χ4n) is 1.78. The molecule has 0 N–H and O–H groups in total. The molecule has 0 aromatic carbocycles. The van der Waals surface area contributed by atoms with E-state index in [2.05, 4.69) is 10.4 Å². The van der Waals surface area contributed by atoms with Crippen LogP contribution in [0.15, 0.2) is 10.5 Å². The van der Waals surface area contributed by atoms with Gasteiger partial charge < -0.3 is 4.74 Å². The summed E-state index contributed by atoms with van der Waals surface area (Å²) in [5.74, 6) is -1.95. The van der Waals surface area contributed by atoms with Gasteiger partial charge in [-0.1, -0.05) is 0 Å². The fraction of sp³-hybridized carbons (Fsp3) is 0.455. The van der Waals surface area contributed by atoms with Crippen molar-refractivity contribution in [1.29, 1.82) is 0 Å². The second-order valence-electron chi connectivity index (χ2n) is 4.19. The van der Waals surface area contributed by atoms with Crippen molar-refractivity contribution in [2.45, 2.75) is 19.8 Å². The van der Waals surface area contributed by atoms with Crippen LogP contribution in [0.2, 0.25) is 0 Å². The van der Waals surface area contributed by atoms with Crippen LogP contribution >= 0.6 is 0 Å². The van der Waals surface area contributed by atoms with Crippen LogP contribution in [0, 0.1) is 0 Å². The molecule has 0 spiro atoms. The molecular formula is C11H13N5O5. The highest BCUT2D eigenvalue weighted by molar-refractivity contribution is 6.10. The summed E-state index contributed by atoms with van der Waals surface area (Å²) in [6.45, 7) is 1.64. The maximum atomic E-state index is 11.9. The molecule has 21 heavy (non-hydrogen) atoms. The van der Waals surface area contributed by atoms with Crippen molar-refractivity contribution in [2.75, 3.05) is 6.61 Å². The highest BCUT2D eigenvalue weighted by atomic mass is 16.5. The highest BCUT2D eigenvalue weighted by Gasteiger charge is 2.36. The number of carbonyl (C=O) groups excluding carboxylic acids is 3. The second-order valence-corrected chi connectivity index (χ2v) is 4.19. The third kappa shape index (κ3) is 2.73. The Morgan fingerprint density at radius 3 is 2.33 bits per heavy atom. The van der Waals surface area contributed by atoms with Gasteiger partial charge in [0.25, 0.3) is 0 Å².